The third-order valence-corrected chi connectivity index (χ3v) is 6.95. The second-order valence-corrected chi connectivity index (χ2v) is 9.26. The fourth-order valence-electron chi connectivity index (χ4n) is 4.87. The first-order valence-electron chi connectivity index (χ1n) is 11.7. The summed E-state index contributed by atoms with van der Waals surface area (Å²) < 4.78 is 2.23. The predicted molar refractivity (Wildman–Crippen MR) is 142 cm³/mol. The van der Waals surface area contributed by atoms with E-state index in [2.05, 4.69) is 96.0 Å². The van der Waals surface area contributed by atoms with Crippen molar-refractivity contribution in [2.75, 3.05) is 4.90 Å². The zero-order chi connectivity index (χ0) is 23.8. The van der Waals surface area contributed by atoms with Crippen LogP contribution in [0.3, 0.4) is 0 Å². The van der Waals surface area contributed by atoms with Crippen molar-refractivity contribution in [3.05, 3.63) is 107 Å². The molecule has 0 radical (unpaired) electrons. The van der Waals surface area contributed by atoms with Gasteiger partial charge in [0.2, 0.25) is 0 Å². The van der Waals surface area contributed by atoms with E-state index in [9.17, 15) is 0 Å². The summed E-state index contributed by atoms with van der Waals surface area (Å²) in [6.45, 7) is 8.53. The molecule has 0 bridgehead atoms. The molecule has 0 amide bonds. The van der Waals surface area contributed by atoms with Gasteiger partial charge in [0.1, 0.15) is 5.82 Å². The molecule has 1 fully saturated rings. The van der Waals surface area contributed by atoms with Gasteiger partial charge >= 0.3 is 0 Å². The number of hydrogen-bond donors (Lipinski definition) is 1. The van der Waals surface area contributed by atoms with Crippen LogP contribution in [0.1, 0.15) is 52.8 Å². The van der Waals surface area contributed by atoms with Gasteiger partial charge in [-0.05, 0) is 92.5 Å². The Kier molecular flexibility index (Phi) is 5.92. The molecule has 5 rings (SSSR count). The van der Waals surface area contributed by atoms with Crippen molar-refractivity contribution in [2.24, 2.45) is 0 Å². The number of nitrogens with one attached hydrogen (secondary N) is 1. The van der Waals surface area contributed by atoms with Crippen molar-refractivity contribution in [3.63, 3.8) is 0 Å². The van der Waals surface area contributed by atoms with Crippen molar-refractivity contribution in [3.8, 4) is 5.82 Å². The van der Waals surface area contributed by atoms with Gasteiger partial charge < -0.3 is 14.8 Å². The number of nitrogens with zero attached hydrogens (tertiary/aromatic N) is 4. The summed E-state index contributed by atoms with van der Waals surface area (Å²) in [5.74, 6) is 0.925. The van der Waals surface area contributed by atoms with Crippen molar-refractivity contribution < 1.29 is 0 Å². The van der Waals surface area contributed by atoms with Crippen LogP contribution in [0.25, 0.3) is 5.82 Å². The van der Waals surface area contributed by atoms with Crippen molar-refractivity contribution in [2.45, 2.75) is 46.2 Å². The van der Waals surface area contributed by atoms with Gasteiger partial charge in [-0.3, -0.25) is 4.98 Å². The number of aryl methyl sites for hydroxylation is 3. The van der Waals surface area contributed by atoms with Gasteiger partial charge in [-0.2, -0.15) is 0 Å². The summed E-state index contributed by atoms with van der Waals surface area (Å²) in [4.78, 5) is 11.6. The first kappa shape index (κ1) is 22.3. The Morgan fingerprint density at radius 3 is 2.41 bits per heavy atom. The van der Waals surface area contributed by atoms with Gasteiger partial charge in [0.25, 0.3) is 0 Å². The average Bonchev–Trinajstić information content (AvgIpc) is 3.35. The summed E-state index contributed by atoms with van der Waals surface area (Å²) in [6.07, 6.45) is 4.77. The van der Waals surface area contributed by atoms with E-state index in [1.807, 2.05) is 24.5 Å². The second-order valence-electron chi connectivity index (χ2n) is 8.87. The minimum absolute atomic E-state index is 0.0414. The van der Waals surface area contributed by atoms with Crippen LogP contribution >= 0.6 is 12.2 Å². The number of anilines is 1. The van der Waals surface area contributed by atoms with Crippen LogP contribution in [0.5, 0.6) is 0 Å². The van der Waals surface area contributed by atoms with E-state index in [1.54, 1.807) is 0 Å². The molecule has 0 aliphatic carbocycles. The molecular weight excluding hydrogens is 438 g/mol. The third-order valence-electron chi connectivity index (χ3n) is 6.63. The van der Waals surface area contributed by atoms with Crippen LogP contribution in [0, 0.1) is 20.8 Å². The van der Waals surface area contributed by atoms with E-state index in [0.717, 1.165) is 40.6 Å². The Morgan fingerprint density at radius 2 is 1.76 bits per heavy atom. The van der Waals surface area contributed by atoms with Crippen molar-refractivity contribution >= 4 is 23.0 Å². The number of rotatable bonds is 5. The minimum Gasteiger partial charge on any atom is -0.351 e. The molecule has 4 aromatic rings. The molecule has 0 saturated carbocycles. The highest BCUT2D eigenvalue weighted by Crippen LogP contribution is 2.43. The number of pyridine rings is 2. The van der Waals surface area contributed by atoms with E-state index in [4.69, 9.17) is 17.2 Å². The quantitative estimate of drug-likeness (QED) is 0.369. The predicted octanol–water partition coefficient (Wildman–Crippen LogP) is 5.93. The van der Waals surface area contributed by atoms with Crippen LogP contribution in [-0.4, -0.2) is 19.6 Å². The molecule has 1 aliphatic heterocycles. The lowest BCUT2D eigenvalue weighted by atomic mass is 9.96. The maximum Gasteiger partial charge on any atom is 0.174 e. The standard InChI is InChI=1S/C28H29N5S/c1-5-21-10-12-22(13-11-21)33-27(26(31-28(33)34)24-8-6-7-15-29-24)23-16-19(3)32(20(23)4)25-14-9-18(2)17-30-25/h6-17,26-27H,5H2,1-4H3,(H,31,34)/t26-,27+/m1/s1. The largest absolute Gasteiger partial charge is 0.351 e. The van der Waals surface area contributed by atoms with E-state index < -0.39 is 0 Å². The summed E-state index contributed by atoms with van der Waals surface area (Å²) in [5.41, 5.74) is 8.01. The van der Waals surface area contributed by atoms with E-state index >= 15 is 0 Å². The number of hydrogen-bond acceptors (Lipinski definition) is 3. The molecule has 4 heterocycles. The molecule has 1 saturated heterocycles. The summed E-state index contributed by atoms with van der Waals surface area (Å²) in [5, 5.41) is 4.28. The molecule has 1 N–H and O–H groups in total. The van der Waals surface area contributed by atoms with Gasteiger partial charge in [-0.25, -0.2) is 4.98 Å². The molecule has 5 nitrogen and oxygen atoms in total. The Bertz CT molecular complexity index is 1310. The van der Waals surface area contributed by atoms with Gasteiger partial charge in [0, 0.05) is 29.5 Å². The van der Waals surface area contributed by atoms with Crippen molar-refractivity contribution in [1.82, 2.24) is 19.9 Å². The maximum atomic E-state index is 5.90. The number of aromatic nitrogens is 3. The highest BCUT2D eigenvalue weighted by Gasteiger charge is 2.42. The highest BCUT2D eigenvalue weighted by atomic mass is 32.1. The fourth-order valence-corrected chi connectivity index (χ4v) is 5.22. The van der Waals surface area contributed by atoms with Crippen molar-refractivity contribution in [1.29, 1.82) is 0 Å². The van der Waals surface area contributed by atoms with E-state index in [-0.39, 0.29) is 12.1 Å². The molecular formula is C28H29N5S. The van der Waals surface area contributed by atoms with Crippen LogP contribution in [0.4, 0.5) is 5.69 Å². The monoisotopic (exact) mass is 467 g/mol. The third kappa shape index (κ3) is 3.88. The molecule has 0 unspecified atom stereocenters. The normalized spacial score (nSPS) is 17.8. The maximum absolute atomic E-state index is 5.90. The number of thiocarbonyl (C=S) groups is 1. The lowest BCUT2D eigenvalue weighted by molar-refractivity contribution is 0.565. The number of benzene rings is 1. The Hall–Kier alpha value is -3.51. The van der Waals surface area contributed by atoms with Crippen LogP contribution < -0.4 is 10.2 Å². The van der Waals surface area contributed by atoms with E-state index in [1.165, 1.54) is 11.1 Å². The van der Waals surface area contributed by atoms with Crippen LogP contribution in [0.15, 0.2) is 73.1 Å². The zero-order valence-corrected chi connectivity index (χ0v) is 20.8. The zero-order valence-electron chi connectivity index (χ0n) is 20.0. The highest BCUT2D eigenvalue weighted by molar-refractivity contribution is 7.80. The topological polar surface area (TPSA) is 46.0 Å². The molecule has 1 aromatic carbocycles. The molecule has 172 valence electrons. The summed E-state index contributed by atoms with van der Waals surface area (Å²) in [6, 6.07) is 21.1. The second kappa shape index (κ2) is 9.03. The molecule has 0 spiro atoms. The van der Waals surface area contributed by atoms with E-state index in [0.29, 0.717) is 5.11 Å². The fraction of sp³-hybridized carbons (Fsp3) is 0.250. The average molecular weight is 468 g/mol. The lowest BCUT2D eigenvalue weighted by Gasteiger charge is -2.28. The molecule has 1 aliphatic rings. The van der Waals surface area contributed by atoms with Gasteiger partial charge in [0.05, 0.1) is 17.8 Å². The van der Waals surface area contributed by atoms with Gasteiger partial charge in [-0.15, -0.1) is 0 Å². The Balaban J connectivity index is 1.66. The Labute approximate surface area is 206 Å². The summed E-state index contributed by atoms with van der Waals surface area (Å²) >= 11 is 5.90. The first-order chi connectivity index (χ1) is 16.5. The molecule has 6 heteroatoms. The molecule has 2 atom stereocenters. The SMILES string of the molecule is CCc1ccc(N2C(=S)N[C@H](c3ccccn3)[C@@H]2c2cc(C)n(-c3ccc(C)cn3)c2C)cc1. The molecule has 34 heavy (non-hydrogen) atoms. The van der Waals surface area contributed by atoms with Crippen LogP contribution in [0.2, 0.25) is 0 Å². The molecule has 3 aromatic heterocycles. The van der Waals surface area contributed by atoms with Crippen LogP contribution in [-0.2, 0) is 6.42 Å². The summed E-state index contributed by atoms with van der Waals surface area (Å²) in [7, 11) is 0. The van der Waals surface area contributed by atoms with Gasteiger partial charge in [-0.1, -0.05) is 31.2 Å². The minimum atomic E-state index is -0.0699. The Morgan fingerprint density at radius 1 is 0.971 bits per heavy atom. The van der Waals surface area contributed by atoms with Gasteiger partial charge in [0.15, 0.2) is 5.11 Å². The lowest BCUT2D eigenvalue weighted by Crippen LogP contribution is -2.29. The first-order valence-corrected chi connectivity index (χ1v) is 12.1. The smallest absolute Gasteiger partial charge is 0.174 e.